The molecule has 1 aromatic carbocycles. The van der Waals surface area contributed by atoms with E-state index in [-0.39, 0.29) is 0 Å². The van der Waals surface area contributed by atoms with E-state index < -0.39 is 0 Å². The van der Waals surface area contributed by atoms with Gasteiger partial charge in [-0.1, -0.05) is 30.3 Å². The predicted molar refractivity (Wildman–Crippen MR) is 157 cm³/mol. The van der Waals surface area contributed by atoms with Crippen molar-refractivity contribution in [2.24, 2.45) is 0 Å². The maximum Gasteiger partial charge on any atom is 0.138 e. The third-order valence-electron chi connectivity index (χ3n) is 6.83. The molecule has 0 atom stereocenters. The summed E-state index contributed by atoms with van der Waals surface area (Å²) < 4.78 is 0. The van der Waals surface area contributed by atoms with E-state index in [9.17, 15) is 0 Å². The lowest BCUT2D eigenvalue weighted by Gasteiger charge is -2.07. The normalized spacial score (nSPS) is 11.5. The van der Waals surface area contributed by atoms with Gasteiger partial charge in [0.1, 0.15) is 11.3 Å². The molecule has 8 heteroatoms. The topological polar surface area (TPSA) is 95.2 Å². The summed E-state index contributed by atoms with van der Waals surface area (Å²) in [5.74, 6) is 0. The molecule has 0 spiro atoms. The average Bonchev–Trinajstić information content (AvgIpc) is 3.71. The number of aromatic nitrogens is 6. The van der Waals surface area contributed by atoms with Crippen LogP contribution in [0.15, 0.2) is 91.5 Å². The summed E-state index contributed by atoms with van der Waals surface area (Å²) >= 11 is 1.79. The lowest BCUT2D eigenvalue weighted by atomic mass is 10.1. The van der Waals surface area contributed by atoms with Gasteiger partial charge in [0.2, 0.25) is 0 Å². The molecule has 6 heterocycles. The molecule has 7 rings (SSSR count). The molecule has 6 aromatic heterocycles. The molecule has 0 saturated carbocycles. The minimum Gasteiger partial charge on any atom is -0.338 e. The first-order valence-electron chi connectivity index (χ1n) is 12.8. The van der Waals surface area contributed by atoms with Crippen LogP contribution in [-0.2, 0) is 13.1 Å². The van der Waals surface area contributed by atoms with Crippen molar-refractivity contribution in [1.82, 2.24) is 35.5 Å². The van der Waals surface area contributed by atoms with Crippen molar-refractivity contribution in [3.05, 3.63) is 108 Å². The van der Waals surface area contributed by atoms with E-state index in [0.717, 1.165) is 63.2 Å². The van der Waals surface area contributed by atoms with Crippen molar-refractivity contribution in [1.29, 1.82) is 0 Å². The van der Waals surface area contributed by atoms with Gasteiger partial charge in [-0.2, -0.15) is 5.10 Å². The van der Waals surface area contributed by atoms with Crippen molar-refractivity contribution >= 4 is 33.3 Å². The van der Waals surface area contributed by atoms with Crippen LogP contribution in [-0.4, -0.2) is 30.1 Å². The van der Waals surface area contributed by atoms with Gasteiger partial charge in [0.25, 0.3) is 0 Å². The van der Waals surface area contributed by atoms with Crippen molar-refractivity contribution in [3.8, 4) is 33.1 Å². The summed E-state index contributed by atoms with van der Waals surface area (Å²) in [4.78, 5) is 19.8. The third kappa shape index (κ3) is 4.60. The lowest BCUT2D eigenvalue weighted by Crippen LogP contribution is -2.12. The molecule has 7 aromatic rings. The van der Waals surface area contributed by atoms with E-state index in [1.165, 1.54) is 20.9 Å². The van der Waals surface area contributed by atoms with Gasteiger partial charge < -0.3 is 10.3 Å². The van der Waals surface area contributed by atoms with Gasteiger partial charge in [-0.05, 0) is 54.4 Å². The number of nitrogens with zero attached hydrogens (tertiary/aromatic N) is 4. The van der Waals surface area contributed by atoms with E-state index in [1.807, 2.05) is 30.9 Å². The summed E-state index contributed by atoms with van der Waals surface area (Å²) in [6, 6.07) is 23.1. The van der Waals surface area contributed by atoms with Crippen LogP contribution in [0, 0.1) is 6.92 Å². The quantitative estimate of drug-likeness (QED) is 0.210. The van der Waals surface area contributed by atoms with E-state index in [0.29, 0.717) is 0 Å². The molecule has 190 valence electrons. The van der Waals surface area contributed by atoms with Crippen LogP contribution in [0.2, 0.25) is 0 Å². The Morgan fingerprint density at radius 3 is 2.62 bits per heavy atom. The number of thiophene rings is 1. The Hall–Kier alpha value is -4.66. The zero-order valence-corrected chi connectivity index (χ0v) is 22.1. The molecular formula is C31H25N7S. The molecule has 0 unspecified atom stereocenters. The van der Waals surface area contributed by atoms with Crippen LogP contribution in [0.3, 0.4) is 0 Å². The minimum absolute atomic E-state index is 0.725. The summed E-state index contributed by atoms with van der Waals surface area (Å²) in [5.41, 5.74) is 8.84. The zero-order chi connectivity index (χ0) is 26.2. The molecular weight excluding hydrogens is 502 g/mol. The van der Waals surface area contributed by atoms with Gasteiger partial charge in [-0.3, -0.25) is 15.1 Å². The van der Waals surface area contributed by atoms with Crippen LogP contribution in [0.25, 0.3) is 55.0 Å². The standard InChI is InChI=1S/C31H25N7S/c1-19-7-8-29(39-19)23-9-10-34-31-24(23)12-27(36-31)30-25-13-26(35-18-28(25)37-38-30)22-11-21(16-33-17-22)15-32-14-20-5-3-2-4-6-20/h2-13,16-18,32H,14-15H2,1H3,(H,34,36)(H,37,38). The van der Waals surface area contributed by atoms with E-state index in [4.69, 9.17) is 4.98 Å². The number of nitrogens with one attached hydrogen (secondary N) is 3. The monoisotopic (exact) mass is 527 g/mol. The molecule has 0 saturated heterocycles. The third-order valence-corrected chi connectivity index (χ3v) is 7.87. The summed E-state index contributed by atoms with van der Waals surface area (Å²) in [6.45, 7) is 3.66. The van der Waals surface area contributed by atoms with Crippen LogP contribution in [0.4, 0.5) is 0 Å². The highest BCUT2D eigenvalue weighted by atomic mass is 32.1. The van der Waals surface area contributed by atoms with Crippen molar-refractivity contribution in [2.75, 3.05) is 0 Å². The Morgan fingerprint density at radius 2 is 1.74 bits per heavy atom. The molecule has 39 heavy (non-hydrogen) atoms. The maximum atomic E-state index is 4.70. The molecule has 0 bridgehead atoms. The van der Waals surface area contributed by atoms with Crippen LogP contribution in [0.1, 0.15) is 16.0 Å². The largest absolute Gasteiger partial charge is 0.338 e. The van der Waals surface area contributed by atoms with E-state index in [2.05, 4.69) is 98.1 Å². The number of aromatic amines is 2. The number of fused-ring (bicyclic) bond motifs is 2. The van der Waals surface area contributed by atoms with E-state index in [1.54, 1.807) is 11.3 Å². The van der Waals surface area contributed by atoms with Crippen LogP contribution < -0.4 is 5.32 Å². The van der Waals surface area contributed by atoms with Gasteiger partial charge in [0.15, 0.2) is 0 Å². The molecule has 3 N–H and O–H groups in total. The summed E-state index contributed by atoms with van der Waals surface area (Å²) in [5, 5.41) is 13.4. The second kappa shape index (κ2) is 9.90. The molecule has 0 fully saturated rings. The molecule has 0 aliphatic carbocycles. The predicted octanol–water partition coefficient (Wildman–Crippen LogP) is 6.89. The first kappa shape index (κ1) is 23.5. The summed E-state index contributed by atoms with van der Waals surface area (Å²) in [6.07, 6.45) is 7.44. The number of hydrogen-bond acceptors (Lipinski definition) is 6. The SMILES string of the molecule is Cc1ccc(-c2ccnc3[nH]c(-c4n[nH]c5cnc(-c6cncc(CNCc7ccccc7)c6)cc45)cc23)s1. The summed E-state index contributed by atoms with van der Waals surface area (Å²) in [7, 11) is 0. The number of benzene rings is 1. The van der Waals surface area contributed by atoms with Gasteiger partial charge in [0.05, 0.1) is 23.1 Å². The first-order valence-corrected chi connectivity index (χ1v) is 13.6. The smallest absolute Gasteiger partial charge is 0.138 e. The molecule has 7 nitrogen and oxygen atoms in total. The lowest BCUT2D eigenvalue weighted by molar-refractivity contribution is 0.691. The molecule has 0 amide bonds. The molecule has 0 aliphatic heterocycles. The minimum atomic E-state index is 0.725. The number of H-pyrrole nitrogens is 2. The van der Waals surface area contributed by atoms with Crippen molar-refractivity contribution in [3.63, 3.8) is 0 Å². The Balaban J connectivity index is 1.20. The van der Waals surface area contributed by atoms with Gasteiger partial charge >= 0.3 is 0 Å². The van der Waals surface area contributed by atoms with Crippen LogP contribution >= 0.6 is 11.3 Å². The number of pyridine rings is 3. The Bertz CT molecular complexity index is 1920. The fraction of sp³-hybridized carbons (Fsp3) is 0.0968. The highest BCUT2D eigenvalue weighted by molar-refractivity contribution is 7.15. The van der Waals surface area contributed by atoms with Gasteiger partial charge in [0, 0.05) is 63.3 Å². The molecule has 0 radical (unpaired) electrons. The first-order chi connectivity index (χ1) is 19.2. The van der Waals surface area contributed by atoms with Crippen molar-refractivity contribution in [2.45, 2.75) is 20.0 Å². The second-order valence-corrected chi connectivity index (χ2v) is 10.9. The Kier molecular flexibility index (Phi) is 5.96. The Morgan fingerprint density at radius 1 is 0.846 bits per heavy atom. The van der Waals surface area contributed by atoms with Crippen LogP contribution in [0.5, 0.6) is 0 Å². The fourth-order valence-electron chi connectivity index (χ4n) is 4.90. The zero-order valence-electron chi connectivity index (χ0n) is 21.3. The highest BCUT2D eigenvalue weighted by Gasteiger charge is 2.16. The van der Waals surface area contributed by atoms with Gasteiger partial charge in [-0.25, -0.2) is 4.98 Å². The maximum absolute atomic E-state index is 4.70. The average molecular weight is 528 g/mol. The molecule has 0 aliphatic rings. The second-order valence-electron chi connectivity index (χ2n) is 9.57. The number of rotatable bonds is 7. The Labute approximate surface area is 229 Å². The highest BCUT2D eigenvalue weighted by Crippen LogP contribution is 2.36. The number of hydrogen-bond donors (Lipinski definition) is 3. The number of aryl methyl sites for hydroxylation is 1. The van der Waals surface area contributed by atoms with Gasteiger partial charge in [-0.15, -0.1) is 11.3 Å². The van der Waals surface area contributed by atoms with E-state index >= 15 is 0 Å². The van der Waals surface area contributed by atoms with Crippen molar-refractivity contribution < 1.29 is 0 Å². The fourth-order valence-corrected chi connectivity index (χ4v) is 5.81.